The number of hydrogen-bond donors (Lipinski definition) is 1. The molecule has 1 aliphatic rings. The second kappa shape index (κ2) is 9.07. The number of carbonyl (C=O) groups excluding carboxylic acids is 2. The van der Waals surface area contributed by atoms with Crippen molar-refractivity contribution in [1.82, 2.24) is 0 Å². The highest BCUT2D eigenvalue weighted by Gasteiger charge is 2.25. The molecule has 31 heavy (non-hydrogen) atoms. The maximum absolute atomic E-state index is 14.1. The van der Waals surface area contributed by atoms with Crippen LogP contribution in [0.4, 0.5) is 25.8 Å². The molecule has 0 radical (unpaired) electrons. The van der Waals surface area contributed by atoms with Crippen molar-refractivity contribution in [2.45, 2.75) is 19.8 Å². The van der Waals surface area contributed by atoms with Crippen LogP contribution in [0.15, 0.2) is 30.3 Å². The van der Waals surface area contributed by atoms with Gasteiger partial charge in [0.1, 0.15) is 17.3 Å². The van der Waals surface area contributed by atoms with Crippen LogP contribution in [-0.2, 0) is 4.74 Å². The number of rotatable bonds is 5. The minimum atomic E-state index is -1.14. The molecule has 1 saturated heterocycles. The summed E-state index contributed by atoms with van der Waals surface area (Å²) in [5.41, 5.74) is -0.918. The first-order valence-corrected chi connectivity index (χ1v) is 9.63. The van der Waals surface area contributed by atoms with Crippen LogP contribution in [0.2, 0.25) is 0 Å². The number of esters is 1. The fourth-order valence-electron chi connectivity index (χ4n) is 3.43. The molecule has 8 nitrogen and oxygen atoms in total. The van der Waals surface area contributed by atoms with E-state index in [0.29, 0.717) is 30.8 Å². The van der Waals surface area contributed by atoms with E-state index < -0.39 is 39.7 Å². The summed E-state index contributed by atoms with van der Waals surface area (Å²) in [6, 6.07) is 5.27. The van der Waals surface area contributed by atoms with E-state index in [1.807, 2.05) is 4.90 Å². The Bertz CT molecular complexity index is 1040. The molecule has 0 aliphatic carbocycles. The summed E-state index contributed by atoms with van der Waals surface area (Å²) in [6.45, 7) is 3.47. The predicted octanol–water partition coefficient (Wildman–Crippen LogP) is 4.15. The molecule has 0 aromatic heterocycles. The Kier molecular flexibility index (Phi) is 6.47. The van der Waals surface area contributed by atoms with Crippen LogP contribution in [0.1, 0.15) is 40.5 Å². The SMILES string of the molecule is COC(=O)c1cc(NC(=O)c2ccc(N3CCC(C)CC3)c([N+](=O)[O-])c2)c(F)cc1F. The number of hydrogen-bond acceptors (Lipinski definition) is 6. The zero-order valence-electron chi connectivity index (χ0n) is 17.0. The zero-order chi connectivity index (χ0) is 22.7. The maximum atomic E-state index is 14.1. The second-order valence-corrected chi connectivity index (χ2v) is 7.39. The van der Waals surface area contributed by atoms with Gasteiger partial charge in [0.05, 0.1) is 23.3 Å². The average Bonchev–Trinajstić information content (AvgIpc) is 2.75. The summed E-state index contributed by atoms with van der Waals surface area (Å²) in [5.74, 6) is -3.59. The summed E-state index contributed by atoms with van der Waals surface area (Å²) in [7, 11) is 1.03. The van der Waals surface area contributed by atoms with Gasteiger partial charge in [-0.2, -0.15) is 0 Å². The molecule has 1 amide bonds. The monoisotopic (exact) mass is 433 g/mol. The Hall–Kier alpha value is -3.56. The van der Waals surface area contributed by atoms with Gasteiger partial charge in [-0.25, -0.2) is 13.6 Å². The van der Waals surface area contributed by atoms with Gasteiger partial charge in [0, 0.05) is 30.8 Å². The van der Waals surface area contributed by atoms with E-state index in [4.69, 9.17) is 0 Å². The number of anilines is 2. The summed E-state index contributed by atoms with van der Waals surface area (Å²) >= 11 is 0. The lowest BCUT2D eigenvalue weighted by Gasteiger charge is -2.31. The number of nitrogens with zero attached hydrogens (tertiary/aromatic N) is 2. The highest BCUT2D eigenvalue weighted by atomic mass is 19.1. The zero-order valence-corrected chi connectivity index (χ0v) is 17.0. The minimum absolute atomic E-state index is 0.0795. The van der Waals surface area contributed by atoms with Crippen molar-refractivity contribution >= 4 is 28.9 Å². The van der Waals surface area contributed by atoms with Crippen molar-refractivity contribution in [1.29, 1.82) is 0 Å². The lowest BCUT2D eigenvalue weighted by atomic mass is 9.98. The van der Waals surface area contributed by atoms with Crippen LogP contribution in [0.5, 0.6) is 0 Å². The van der Waals surface area contributed by atoms with Crippen molar-refractivity contribution in [3.63, 3.8) is 0 Å². The standard InChI is InChI=1S/C21H21F2N3O5/c1-12-5-7-25(8-6-12)18-4-3-13(9-19(18)26(29)30)20(27)24-17-10-14(21(28)31-2)15(22)11-16(17)23/h3-4,9-12H,5-8H2,1-2H3,(H,24,27). The van der Waals surface area contributed by atoms with Crippen LogP contribution in [0.25, 0.3) is 0 Å². The van der Waals surface area contributed by atoms with E-state index in [1.165, 1.54) is 12.1 Å². The summed E-state index contributed by atoms with van der Waals surface area (Å²) in [4.78, 5) is 37.1. The third kappa shape index (κ3) is 4.79. The van der Waals surface area contributed by atoms with Gasteiger partial charge in [-0.3, -0.25) is 14.9 Å². The van der Waals surface area contributed by atoms with Crippen LogP contribution >= 0.6 is 0 Å². The van der Waals surface area contributed by atoms with Crippen molar-refractivity contribution < 1.29 is 28.0 Å². The van der Waals surface area contributed by atoms with Gasteiger partial charge in [-0.1, -0.05) is 6.92 Å². The van der Waals surface area contributed by atoms with Gasteiger partial charge in [-0.15, -0.1) is 0 Å². The fourth-order valence-corrected chi connectivity index (χ4v) is 3.43. The molecule has 164 valence electrons. The molecule has 0 bridgehead atoms. The molecule has 0 unspecified atom stereocenters. The number of carbonyl (C=O) groups is 2. The first kappa shape index (κ1) is 22.1. The van der Waals surface area contributed by atoms with Crippen molar-refractivity contribution in [2.24, 2.45) is 5.92 Å². The number of ether oxygens (including phenoxy) is 1. The summed E-state index contributed by atoms with van der Waals surface area (Å²) in [5, 5.41) is 13.8. The van der Waals surface area contributed by atoms with Crippen LogP contribution < -0.4 is 10.2 Å². The Morgan fingerprint density at radius 1 is 1.16 bits per heavy atom. The normalized spacial score (nSPS) is 14.3. The molecule has 0 spiro atoms. The molecular weight excluding hydrogens is 412 g/mol. The highest BCUT2D eigenvalue weighted by Crippen LogP contribution is 2.32. The molecular formula is C21H21F2N3O5. The molecule has 2 aromatic carbocycles. The Labute approximate surface area is 176 Å². The smallest absolute Gasteiger partial charge is 0.340 e. The largest absolute Gasteiger partial charge is 0.465 e. The van der Waals surface area contributed by atoms with Crippen molar-refractivity contribution in [3.8, 4) is 0 Å². The van der Waals surface area contributed by atoms with E-state index in [2.05, 4.69) is 17.0 Å². The minimum Gasteiger partial charge on any atom is -0.465 e. The fraction of sp³-hybridized carbons (Fsp3) is 0.333. The van der Waals surface area contributed by atoms with Crippen LogP contribution in [0, 0.1) is 27.7 Å². The van der Waals surface area contributed by atoms with Gasteiger partial charge in [0.15, 0.2) is 0 Å². The quantitative estimate of drug-likeness (QED) is 0.432. The van der Waals surface area contributed by atoms with E-state index in [9.17, 15) is 28.5 Å². The highest BCUT2D eigenvalue weighted by molar-refractivity contribution is 6.05. The molecule has 0 saturated carbocycles. The molecule has 3 rings (SSSR count). The van der Waals surface area contributed by atoms with E-state index in [1.54, 1.807) is 0 Å². The van der Waals surface area contributed by atoms with Crippen molar-refractivity contribution in [3.05, 3.63) is 63.2 Å². The number of amides is 1. The van der Waals surface area contributed by atoms with E-state index in [0.717, 1.165) is 32.1 Å². The summed E-state index contributed by atoms with van der Waals surface area (Å²) in [6.07, 6.45) is 1.82. The molecule has 10 heteroatoms. The number of nitro groups is 1. The van der Waals surface area contributed by atoms with Crippen molar-refractivity contribution in [2.75, 3.05) is 30.4 Å². The number of nitro benzene ring substituents is 1. The third-order valence-electron chi connectivity index (χ3n) is 5.27. The Morgan fingerprint density at radius 3 is 2.45 bits per heavy atom. The topological polar surface area (TPSA) is 102 Å². The van der Waals surface area contributed by atoms with Crippen LogP contribution in [-0.4, -0.2) is 37.0 Å². The predicted molar refractivity (Wildman–Crippen MR) is 109 cm³/mol. The van der Waals surface area contributed by atoms with Crippen LogP contribution in [0.3, 0.4) is 0 Å². The average molecular weight is 433 g/mol. The Morgan fingerprint density at radius 2 is 1.84 bits per heavy atom. The number of halogens is 2. The van der Waals surface area contributed by atoms with Gasteiger partial charge < -0.3 is 15.0 Å². The number of benzene rings is 2. The lowest BCUT2D eigenvalue weighted by Crippen LogP contribution is -2.33. The molecule has 2 aromatic rings. The second-order valence-electron chi connectivity index (χ2n) is 7.39. The first-order valence-electron chi connectivity index (χ1n) is 9.63. The van der Waals surface area contributed by atoms with Gasteiger partial charge in [0.25, 0.3) is 11.6 Å². The van der Waals surface area contributed by atoms with Gasteiger partial charge in [0.2, 0.25) is 0 Å². The molecule has 1 heterocycles. The molecule has 0 atom stereocenters. The summed E-state index contributed by atoms with van der Waals surface area (Å²) < 4.78 is 32.3. The maximum Gasteiger partial charge on any atom is 0.340 e. The molecule has 1 aliphatic heterocycles. The van der Waals surface area contributed by atoms with E-state index >= 15 is 0 Å². The third-order valence-corrected chi connectivity index (χ3v) is 5.27. The molecule has 1 fully saturated rings. The van der Waals surface area contributed by atoms with E-state index in [-0.39, 0.29) is 11.3 Å². The first-order chi connectivity index (χ1) is 14.7. The van der Waals surface area contributed by atoms with Gasteiger partial charge >= 0.3 is 5.97 Å². The molecule has 1 N–H and O–H groups in total. The lowest BCUT2D eigenvalue weighted by molar-refractivity contribution is -0.384. The number of nitrogens with one attached hydrogen (secondary N) is 1. The Balaban J connectivity index is 1.88. The number of methoxy groups -OCH3 is 1. The number of piperidine rings is 1. The van der Waals surface area contributed by atoms with Gasteiger partial charge in [-0.05, 0) is 37.0 Å².